The van der Waals surface area contributed by atoms with Crippen LogP contribution in [0.3, 0.4) is 0 Å². The van der Waals surface area contributed by atoms with E-state index in [4.69, 9.17) is 5.21 Å². The van der Waals surface area contributed by atoms with Gasteiger partial charge in [-0.05, 0) is 20.8 Å². The van der Waals surface area contributed by atoms with Crippen LogP contribution in [-0.2, 0) is 9.53 Å². The molecular weight excluding hydrogens is 146 g/mol. The average molecular weight is 161 g/mol. The van der Waals surface area contributed by atoms with Crippen LogP contribution in [0.1, 0.15) is 27.7 Å². The summed E-state index contributed by atoms with van der Waals surface area (Å²) >= 11 is 0. The number of hydrogen-bond acceptors (Lipinski definition) is 4. The fourth-order valence-corrected chi connectivity index (χ4v) is 0.203. The number of esters is 1. The van der Waals surface area contributed by atoms with Crippen LogP contribution in [-0.4, -0.2) is 23.5 Å². The Morgan fingerprint density at radius 3 is 1.82 bits per heavy atom. The van der Waals surface area contributed by atoms with Crippen LogP contribution in [0.2, 0.25) is 0 Å². The van der Waals surface area contributed by atoms with E-state index in [9.17, 15) is 4.79 Å². The van der Waals surface area contributed by atoms with Gasteiger partial charge in [-0.3, -0.25) is 4.79 Å². The summed E-state index contributed by atoms with van der Waals surface area (Å²) in [5.74, 6) is -0.211. The Morgan fingerprint density at radius 1 is 1.45 bits per heavy atom. The molecule has 0 aliphatic carbocycles. The first-order valence-corrected chi connectivity index (χ1v) is 3.33. The van der Waals surface area contributed by atoms with Crippen LogP contribution < -0.4 is 0 Å². The molecule has 0 aromatic heterocycles. The van der Waals surface area contributed by atoms with Gasteiger partial charge < -0.3 is 9.94 Å². The molecule has 0 atom stereocenters. The maximum atomic E-state index is 9.82. The van der Waals surface area contributed by atoms with Crippen LogP contribution >= 0.6 is 0 Å². The van der Waals surface area contributed by atoms with Crippen LogP contribution in [0.5, 0.6) is 0 Å². The number of carbonyl (C=O) groups is 1. The fourth-order valence-electron chi connectivity index (χ4n) is 0.203. The molecule has 0 aromatic rings. The van der Waals surface area contributed by atoms with Crippen LogP contribution in [0, 0.1) is 0 Å². The van der Waals surface area contributed by atoms with E-state index in [0.29, 0.717) is 12.3 Å². The molecule has 0 radical (unpaired) electrons. The fraction of sp³-hybridized carbons (Fsp3) is 0.714. The van der Waals surface area contributed by atoms with Crippen molar-refractivity contribution in [2.75, 3.05) is 6.61 Å². The number of carbonyl (C=O) groups excluding carboxylic acids is 1. The first kappa shape index (κ1) is 12.6. The normalized spacial score (nSPS) is 7.27. The molecule has 0 unspecified atom stereocenters. The quantitative estimate of drug-likeness (QED) is 0.274. The van der Waals surface area contributed by atoms with Gasteiger partial charge in [0.25, 0.3) is 0 Å². The predicted molar refractivity (Wildman–Crippen MR) is 42.9 cm³/mol. The van der Waals surface area contributed by atoms with Crippen LogP contribution in [0.15, 0.2) is 5.16 Å². The summed E-state index contributed by atoms with van der Waals surface area (Å²) < 4.78 is 4.40. The second kappa shape index (κ2) is 8.94. The Hall–Kier alpha value is -1.06. The Morgan fingerprint density at radius 2 is 1.82 bits per heavy atom. The molecule has 0 fully saturated rings. The predicted octanol–water partition coefficient (Wildman–Crippen LogP) is 1.43. The zero-order valence-electron chi connectivity index (χ0n) is 7.42. The molecule has 0 bridgehead atoms. The minimum atomic E-state index is -0.211. The van der Waals surface area contributed by atoms with Gasteiger partial charge in [-0.15, -0.1) is 0 Å². The topological polar surface area (TPSA) is 58.9 Å². The van der Waals surface area contributed by atoms with Gasteiger partial charge in [0.1, 0.15) is 0 Å². The Labute approximate surface area is 66.9 Å². The molecule has 1 N–H and O–H groups in total. The smallest absolute Gasteiger partial charge is 0.302 e. The monoisotopic (exact) mass is 161 g/mol. The summed E-state index contributed by atoms with van der Waals surface area (Å²) in [4.78, 5) is 9.82. The van der Waals surface area contributed by atoms with E-state index in [2.05, 4.69) is 9.89 Å². The van der Waals surface area contributed by atoms with Crippen molar-refractivity contribution >= 4 is 11.7 Å². The maximum absolute atomic E-state index is 9.82. The molecule has 0 aliphatic rings. The number of rotatable bonds is 1. The molecule has 0 aromatic carbocycles. The summed E-state index contributed by atoms with van der Waals surface area (Å²) in [5.41, 5.74) is 0.685. The molecule has 66 valence electrons. The molecule has 0 aliphatic heterocycles. The third-order valence-corrected chi connectivity index (χ3v) is 0.548. The first-order valence-electron chi connectivity index (χ1n) is 3.33. The van der Waals surface area contributed by atoms with Gasteiger partial charge >= 0.3 is 5.97 Å². The lowest BCUT2D eigenvalue weighted by Gasteiger charge is -1.89. The van der Waals surface area contributed by atoms with E-state index in [0.717, 1.165) is 0 Å². The van der Waals surface area contributed by atoms with E-state index in [1.807, 2.05) is 0 Å². The third kappa shape index (κ3) is 27.7. The highest BCUT2D eigenvalue weighted by molar-refractivity contribution is 5.78. The number of oxime groups is 1. The first-order chi connectivity index (χ1) is 5.04. The summed E-state index contributed by atoms with van der Waals surface area (Å²) in [6.45, 7) is 7.10. The molecular formula is C7H15NO3. The van der Waals surface area contributed by atoms with E-state index >= 15 is 0 Å². The SMILES string of the molecule is CC(C)=NO.CCOC(C)=O. The van der Waals surface area contributed by atoms with Crippen molar-refractivity contribution in [3.05, 3.63) is 0 Å². The molecule has 4 heteroatoms. The maximum Gasteiger partial charge on any atom is 0.302 e. The Balaban J connectivity index is 0. The zero-order chi connectivity index (χ0) is 9.28. The lowest BCUT2D eigenvalue weighted by molar-refractivity contribution is -0.140. The molecule has 0 rings (SSSR count). The summed E-state index contributed by atoms with van der Waals surface area (Å²) in [6, 6.07) is 0. The van der Waals surface area contributed by atoms with Gasteiger partial charge in [0, 0.05) is 6.92 Å². The van der Waals surface area contributed by atoms with Crippen molar-refractivity contribution in [1.29, 1.82) is 0 Å². The number of hydrogen-bond donors (Lipinski definition) is 1. The standard InChI is InChI=1S/C4H8O2.C3H7NO/c1-3-6-4(2)5;1-3(2)4-5/h3H2,1-2H3;5H,1-2H3. The van der Waals surface area contributed by atoms with Gasteiger partial charge in [0.05, 0.1) is 12.3 Å². The molecule has 0 heterocycles. The summed E-state index contributed by atoms with van der Waals surface area (Å²) in [7, 11) is 0. The van der Waals surface area contributed by atoms with Crippen molar-refractivity contribution in [3.63, 3.8) is 0 Å². The van der Waals surface area contributed by atoms with Crippen LogP contribution in [0.25, 0.3) is 0 Å². The molecule has 4 nitrogen and oxygen atoms in total. The highest BCUT2D eigenvalue weighted by Gasteiger charge is 1.81. The van der Waals surface area contributed by atoms with Crippen LogP contribution in [0.4, 0.5) is 0 Å². The number of nitrogens with zero attached hydrogens (tertiary/aromatic N) is 1. The minimum absolute atomic E-state index is 0.211. The largest absolute Gasteiger partial charge is 0.466 e. The van der Waals surface area contributed by atoms with Crippen molar-refractivity contribution in [2.45, 2.75) is 27.7 Å². The zero-order valence-corrected chi connectivity index (χ0v) is 7.42. The highest BCUT2D eigenvalue weighted by Crippen LogP contribution is 1.69. The van der Waals surface area contributed by atoms with E-state index < -0.39 is 0 Å². The van der Waals surface area contributed by atoms with Gasteiger partial charge in [0.2, 0.25) is 0 Å². The molecule has 0 saturated carbocycles. The summed E-state index contributed by atoms with van der Waals surface area (Å²) in [5, 5.41) is 10.5. The van der Waals surface area contributed by atoms with Gasteiger partial charge in [0.15, 0.2) is 0 Å². The van der Waals surface area contributed by atoms with Gasteiger partial charge in [-0.25, -0.2) is 0 Å². The lowest BCUT2D eigenvalue weighted by Crippen LogP contribution is -1.95. The Bertz CT molecular complexity index is 128. The lowest BCUT2D eigenvalue weighted by atomic mass is 10.5. The second-order valence-corrected chi connectivity index (χ2v) is 1.97. The van der Waals surface area contributed by atoms with Gasteiger partial charge in [-0.1, -0.05) is 5.16 Å². The highest BCUT2D eigenvalue weighted by atomic mass is 16.5. The van der Waals surface area contributed by atoms with Gasteiger partial charge in [-0.2, -0.15) is 0 Å². The van der Waals surface area contributed by atoms with Crippen molar-refractivity contribution in [1.82, 2.24) is 0 Å². The Kier molecular flexibility index (Phi) is 10.2. The van der Waals surface area contributed by atoms with Crippen molar-refractivity contribution in [2.24, 2.45) is 5.16 Å². The van der Waals surface area contributed by atoms with E-state index in [-0.39, 0.29) is 5.97 Å². The second-order valence-electron chi connectivity index (χ2n) is 1.97. The minimum Gasteiger partial charge on any atom is -0.466 e. The molecule has 0 amide bonds. The average Bonchev–Trinajstić information content (AvgIpc) is 1.89. The summed E-state index contributed by atoms with van der Waals surface area (Å²) in [6.07, 6.45) is 0. The molecule has 0 spiro atoms. The van der Waals surface area contributed by atoms with Crippen molar-refractivity contribution in [3.8, 4) is 0 Å². The molecule has 0 saturated heterocycles. The number of ether oxygens (including phenoxy) is 1. The third-order valence-electron chi connectivity index (χ3n) is 0.548. The molecule has 11 heavy (non-hydrogen) atoms. The van der Waals surface area contributed by atoms with E-state index in [1.54, 1.807) is 20.8 Å². The van der Waals surface area contributed by atoms with Crippen molar-refractivity contribution < 1.29 is 14.7 Å². The van der Waals surface area contributed by atoms with E-state index in [1.165, 1.54) is 6.92 Å².